The highest BCUT2D eigenvalue weighted by atomic mass is 32.1. The Hall–Kier alpha value is -0.980. The van der Waals surface area contributed by atoms with Crippen molar-refractivity contribution in [2.75, 3.05) is 39.3 Å². The average Bonchev–Trinajstić information content (AvgIpc) is 2.75. The summed E-state index contributed by atoms with van der Waals surface area (Å²) in [7, 11) is 0. The lowest BCUT2D eigenvalue weighted by molar-refractivity contribution is 0.0230. The van der Waals surface area contributed by atoms with E-state index >= 15 is 0 Å². The summed E-state index contributed by atoms with van der Waals surface area (Å²) in [4.78, 5) is 21.5. The van der Waals surface area contributed by atoms with Crippen LogP contribution in [0.3, 0.4) is 0 Å². The molecule has 0 aliphatic carbocycles. The van der Waals surface area contributed by atoms with Crippen LogP contribution in [-0.2, 0) is 0 Å². The van der Waals surface area contributed by atoms with Crippen molar-refractivity contribution < 1.29 is 4.79 Å². The number of hydrogen-bond donors (Lipinski definition) is 1. The third-order valence-corrected chi connectivity index (χ3v) is 4.55. The van der Waals surface area contributed by atoms with Crippen LogP contribution in [-0.4, -0.2) is 66.0 Å². The maximum absolute atomic E-state index is 12.1. The summed E-state index contributed by atoms with van der Waals surface area (Å²) in [6, 6.07) is 0.560. The molecule has 0 bridgehead atoms. The van der Waals surface area contributed by atoms with E-state index < -0.39 is 0 Å². The highest BCUT2D eigenvalue weighted by Gasteiger charge is 2.35. The van der Waals surface area contributed by atoms with Crippen LogP contribution >= 0.6 is 11.3 Å². The number of carbonyl (C=O) groups excluding carboxylic acids is 1. The monoisotopic (exact) mass is 266 g/mol. The van der Waals surface area contributed by atoms with E-state index in [2.05, 4.69) is 15.2 Å². The highest BCUT2D eigenvalue weighted by molar-refractivity contribution is 7.13. The van der Waals surface area contributed by atoms with Crippen LogP contribution in [0.4, 0.5) is 0 Å². The molecule has 1 N–H and O–H groups in total. The minimum Gasteiger partial charge on any atom is -0.335 e. The number of aryl methyl sites for hydroxylation is 1. The van der Waals surface area contributed by atoms with Crippen molar-refractivity contribution in [2.24, 2.45) is 0 Å². The molecule has 2 fully saturated rings. The van der Waals surface area contributed by atoms with Gasteiger partial charge in [0.25, 0.3) is 5.91 Å². The molecule has 1 aromatic rings. The fraction of sp³-hybridized carbons (Fsp3) is 0.667. The molecular formula is C12H18N4OS. The van der Waals surface area contributed by atoms with Crippen molar-refractivity contribution in [2.45, 2.75) is 13.0 Å². The molecular weight excluding hydrogens is 248 g/mol. The maximum atomic E-state index is 12.1. The van der Waals surface area contributed by atoms with E-state index in [0.717, 1.165) is 49.2 Å². The number of nitrogens with zero attached hydrogens (tertiary/aromatic N) is 3. The van der Waals surface area contributed by atoms with Crippen LogP contribution in [0.25, 0.3) is 0 Å². The van der Waals surface area contributed by atoms with Gasteiger partial charge in [-0.15, -0.1) is 11.3 Å². The largest absolute Gasteiger partial charge is 0.335 e. The average molecular weight is 266 g/mol. The molecule has 1 amide bonds. The lowest BCUT2D eigenvalue weighted by Gasteiger charge is -2.46. The molecule has 0 saturated carbocycles. The smallest absolute Gasteiger partial charge is 0.265 e. The second-order valence-electron chi connectivity index (χ2n) is 4.89. The van der Waals surface area contributed by atoms with Gasteiger partial charge in [-0.25, -0.2) is 4.98 Å². The van der Waals surface area contributed by atoms with E-state index in [0.29, 0.717) is 6.04 Å². The molecule has 3 heterocycles. The van der Waals surface area contributed by atoms with Crippen molar-refractivity contribution in [3.63, 3.8) is 0 Å². The molecule has 2 aliphatic rings. The molecule has 18 heavy (non-hydrogen) atoms. The van der Waals surface area contributed by atoms with E-state index in [9.17, 15) is 4.79 Å². The van der Waals surface area contributed by atoms with Crippen LogP contribution in [0.1, 0.15) is 14.7 Å². The Labute approximate surface area is 111 Å². The number of amides is 1. The van der Waals surface area contributed by atoms with Gasteiger partial charge in [-0.1, -0.05) is 0 Å². The van der Waals surface area contributed by atoms with Gasteiger partial charge in [0.05, 0.1) is 11.2 Å². The molecule has 6 heteroatoms. The number of piperazine rings is 1. The number of carbonyl (C=O) groups is 1. The Kier molecular flexibility index (Phi) is 3.32. The number of thiazole rings is 1. The number of hydrogen-bond acceptors (Lipinski definition) is 5. The van der Waals surface area contributed by atoms with Gasteiger partial charge in [0, 0.05) is 45.3 Å². The Morgan fingerprint density at radius 1 is 1.44 bits per heavy atom. The van der Waals surface area contributed by atoms with Crippen LogP contribution < -0.4 is 5.32 Å². The van der Waals surface area contributed by atoms with Gasteiger partial charge in [-0.2, -0.15) is 0 Å². The predicted octanol–water partition coefficient (Wildman–Crippen LogP) is 0.181. The minimum absolute atomic E-state index is 0.145. The first-order chi connectivity index (χ1) is 8.74. The molecule has 3 rings (SSSR count). The van der Waals surface area contributed by atoms with Gasteiger partial charge < -0.3 is 10.2 Å². The molecule has 0 aromatic carbocycles. The van der Waals surface area contributed by atoms with Crippen molar-refractivity contribution in [3.8, 4) is 0 Å². The number of nitrogens with one attached hydrogen (secondary N) is 1. The van der Waals surface area contributed by atoms with Gasteiger partial charge in [0.2, 0.25) is 0 Å². The zero-order valence-electron chi connectivity index (χ0n) is 10.6. The Balaban J connectivity index is 1.53. The summed E-state index contributed by atoms with van der Waals surface area (Å²) in [5.41, 5.74) is 0. The molecule has 1 aromatic heterocycles. The first-order valence-corrected chi connectivity index (χ1v) is 7.22. The first kappa shape index (κ1) is 12.1. The SMILES string of the molecule is Cc1ncc(C(=O)N2CC(N3CCNCC3)C2)s1. The van der Waals surface area contributed by atoms with Crippen molar-refractivity contribution in [3.05, 3.63) is 16.1 Å². The van der Waals surface area contributed by atoms with Gasteiger partial charge >= 0.3 is 0 Å². The molecule has 0 radical (unpaired) electrons. The van der Waals surface area contributed by atoms with E-state index in [1.54, 1.807) is 6.20 Å². The highest BCUT2D eigenvalue weighted by Crippen LogP contribution is 2.21. The molecule has 5 nitrogen and oxygen atoms in total. The maximum Gasteiger partial charge on any atom is 0.265 e. The van der Waals surface area contributed by atoms with Gasteiger partial charge in [0.15, 0.2) is 0 Å². The molecule has 98 valence electrons. The number of likely N-dealkylation sites (tertiary alicyclic amines) is 1. The predicted molar refractivity (Wildman–Crippen MR) is 71.0 cm³/mol. The third kappa shape index (κ3) is 2.28. The first-order valence-electron chi connectivity index (χ1n) is 6.40. The van der Waals surface area contributed by atoms with Gasteiger partial charge in [0.1, 0.15) is 4.88 Å². The standard InChI is InChI=1S/C12H18N4OS/c1-9-14-6-11(18-9)12(17)16-7-10(8-16)15-4-2-13-3-5-15/h6,10,13H,2-5,7-8H2,1H3. The number of rotatable bonds is 2. The summed E-state index contributed by atoms with van der Waals surface area (Å²) in [5, 5.41) is 4.31. The molecule has 0 spiro atoms. The minimum atomic E-state index is 0.145. The lowest BCUT2D eigenvalue weighted by Crippen LogP contribution is -2.63. The summed E-state index contributed by atoms with van der Waals surface area (Å²) >= 11 is 1.48. The topological polar surface area (TPSA) is 48.5 Å². The summed E-state index contributed by atoms with van der Waals surface area (Å²) in [6.45, 7) is 8.02. The quantitative estimate of drug-likeness (QED) is 0.830. The Morgan fingerprint density at radius 3 is 2.78 bits per heavy atom. The van der Waals surface area contributed by atoms with E-state index in [1.807, 2.05) is 11.8 Å². The van der Waals surface area contributed by atoms with E-state index in [-0.39, 0.29) is 5.91 Å². The molecule has 0 unspecified atom stereocenters. The lowest BCUT2D eigenvalue weighted by atomic mass is 10.1. The Bertz CT molecular complexity index is 435. The Morgan fingerprint density at radius 2 is 2.17 bits per heavy atom. The van der Waals surface area contributed by atoms with Crippen LogP contribution in [0, 0.1) is 6.92 Å². The zero-order chi connectivity index (χ0) is 12.5. The van der Waals surface area contributed by atoms with Crippen LogP contribution in [0.2, 0.25) is 0 Å². The fourth-order valence-electron chi connectivity index (χ4n) is 2.52. The van der Waals surface area contributed by atoms with E-state index in [4.69, 9.17) is 0 Å². The van der Waals surface area contributed by atoms with Crippen LogP contribution in [0.15, 0.2) is 6.20 Å². The second-order valence-corrected chi connectivity index (χ2v) is 6.13. The normalized spacial score (nSPS) is 21.9. The fourth-order valence-corrected chi connectivity index (χ4v) is 3.26. The summed E-state index contributed by atoms with van der Waals surface area (Å²) < 4.78 is 0. The van der Waals surface area contributed by atoms with Gasteiger partial charge in [-0.3, -0.25) is 9.69 Å². The summed E-state index contributed by atoms with van der Waals surface area (Å²) in [5.74, 6) is 0.145. The third-order valence-electron chi connectivity index (χ3n) is 3.65. The zero-order valence-corrected chi connectivity index (χ0v) is 11.4. The van der Waals surface area contributed by atoms with Gasteiger partial charge in [-0.05, 0) is 6.92 Å². The second kappa shape index (κ2) is 4.95. The molecule has 0 atom stereocenters. The van der Waals surface area contributed by atoms with Crippen molar-refractivity contribution >= 4 is 17.2 Å². The molecule has 2 aliphatic heterocycles. The molecule has 2 saturated heterocycles. The number of aromatic nitrogens is 1. The van der Waals surface area contributed by atoms with Crippen molar-refractivity contribution in [1.82, 2.24) is 20.1 Å². The van der Waals surface area contributed by atoms with E-state index in [1.165, 1.54) is 11.3 Å². The summed E-state index contributed by atoms with van der Waals surface area (Å²) in [6.07, 6.45) is 1.69. The van der Waals surface area contributed by atoms with Crippen LogP contribution in [0.5, 0.6) is 0 Å². The van der Waals surface area contributed by atoms with Crippen molar-refractivity contribution in [1.29, 1.82) is 0 Å².